The third-order valence-electron chi connectivity index (χ3n) is 5.73. The smallest absolute Gasteiger partial charge is 0.191 e. The first-order valence-electron chi connectivity index (χ1n) is 11.1. The van der Waals surface area contributed by atoms with Crippen molar-refractivity contribution >= 4 is 41.3 Å². The van der Waals surface area contributed by atoms with Gasteiger partial charge in [0.1, 0.15) is 6.54 Å². The molecule has 8 nitrogen and oxygen atoms in total. The minimum atomic E-state index is 0. The van der Waals surface area contributed by atoms with Crippen LogP contribution < -0.4 is 15.5 Å². The van der Waals surface area contributed by atoms with Crippen LogP contribution in [0, 0.1) is 0 Å². The lowest BCUT2D eigenvalue weighted by atomic mass is 10.2. The summed E-state index contributed by atoms with van der Waals surface area (Å²) in [5.41, 5.74) is 2.16. The lowest BCUT2D eigenvalue weighted by molar-refractivity contribution is 0.197. The predicted molar refractivity (Wildman–Crippen MR) is 141 cm³/mol. The molecule has 2 N–H and O–H groups in total. The van der Waals surface area contributed by atoms with Crippen LogP contribution in [-0.4, -0.2) is 70.8 Å². The van der Waals surface area contributed by atoms with Crippen LogP contribution in [0.1, 0.15) is 19.7 Å². The van der Waals surface area contributed by atoms with Gasteiger partial charge in [-0.3, -0.25) is 9.30 Å². The van der Waals surface area contributed by atoms with Crippen molar-refractivity contribution in [2.24, 2.45) is 4.99 Å². The van der Waals surface area contributed by atoms with Crippen molar-refractivity contribution in [2.45, 2.75) is 26.4 Å². The standard InChI is InChI=1S/C23H32N8.HI/c1-3-24-23(26-18-22-28-27-21-11-7-8-12-31(21)22)25-17-19(2)29-13-15-30(16-14-29)20-9-5-4-6-10-20;/h4-12,19H,3,13-18H2,1-2H3,(H2,24,25,26);1H. The zero-order chi connectivity index (χ0) is 21.5. The van der Waals surface area contributed by atoms with Crippen LogP contribution in [0.2, 0.25) is 0 Å². The van der Waals surface area contributed by atoms with Gasteiger partial charge in [-0.25, -0.2) is 4.99 Å². The molecule has 1 saturated heterocycles. The summed E-state index contributed by atoms with van der Waals surface area (Å²) in [5.74, 6) is 1.64. The molecule has 1 fully saturated rings. The highest BCUT2D eigenvalue weighted by Crippen LogP contribution is 2.16. The molecule has 3 aromatic rings. The molecular weight excluding hydrogens is 515 g/mol. The van der Waals surface area contributed by atoms with Gasteiger partial charge in [-0.1, -0.05) is 24.3 Å². The van der Waals surface area contributed by atoms with Crippen LogP contribution >= 0.6 is 24.0 Å². The summed E-state index contributed by atoms with van der Waals surface area (Å²) in [6.45, 7) is 10.7. The van der Waals surface area contributed by atoms with Gasteiger partial charge in [0.25, 0.3) is 0 Å². The Kier molecular flexibility index (Phi) is 9.10. The van der Waals surface area contributed by atoms with Crippen molar-refractivity contribution < 1.29 is 0 Å². The second-order valence-electron chi connectivity index (χ2n) is 7.83. The lowest BCUT2D eigenvalue weighted by Gasteiger charge is -2.39. The molecule has 32 heavy (non-hydrogen) atoms. The molecule has 0 radical (unpaired) electrons. The highest BCUT2D eigenvalue weighted by atomic mass is 127. The summed E-state index contributed by atoms with van der Waals surface area (Å²) < 4.78 is 1.97. The number of piperazine rings is 1. The maximum absolute atomic E-state index is 4.72. The molecule has 0 spiro atoms. The maximum atomic E-state index is 4.72. The molecule has 1 aliphatic rings. The number of guanidine groups is 1. The molecule has 1 aromatic carbocycles. The molecule has 9 heteroatoms. The summed E-state index contributed by atoms with van der Waals surface area (Å²) in [5, 5.41) is 15.3. The van der Waals surface area contributed by atoms with E-state index in [1.165, 1.54) is 5.69 Å². The summed E-state index contributed by atoms with van der Waals surface area (Å²) >= 11 is 0. The minimum Gasteiger partial charge on any atom is -0.369 e. The number of hydrogen-bond acceptors (Lipinski definition) is 5. The van der Waals surface area contributed by atoms with Crippen LogP contribution in [-0.2, 0) is 6.54 Å². The van der Waals surface area contributed by atoms with E-state index >= 15 is 0 Å². The van der Waals surface area contributed by atoms with E-state index in [0.717, 1.165) is 56.7 Å². The van der Waals surface area contributed by atoms with Crippen molar-refractivity contribution in [3.8, 4) is 0 Å². The fourth-order valence-corrected chi connectivity index (χ4v) is 3.92. The number of hydrogen-bond donors (Lipinski definition) is 2. The number of fused-ring (bicyclic) bond motifs is 1. The number of pyridine rings is 1. The van der Waals surface area contributed by atoms with Crippen molar-refractivity contribution in [3.05, 3.63) is 60.6 Å². The van der Waals surface area contributed by atoms with Crippen molar-refractivity contribution in [1.82, 2.24) is 30.1 Å². The molecule has 3 heterocycles. The minimum absolute atomic E-state index is 0. The Balaban J connectivity index is 0.00000289. The first-order chi connectivity index (χ1) is 15.2. The van der Waals surface area contributed by atoms with E-state index in [1.807, 2.05) is 28.8 Å². The van der Waals surface area contributed by atoms with Crippen molar-refractivity contribution in [3.63, 3.8) is 0 Å². The second kappa shape index (κ2) is 12.0. The Morgan fingerprint density at radius 3 is 2.50 bits per heavy atom. The fourth-order valence-electron chi connectivity index (χ4n) is 3.92. The van der Waals surface area contributed by atoms with E-state index < -0.39 is 0 Å². The molecule has 1 aliphatic heterocycles. The van der Waals surface area contributed by atoms with E-state index in [-0.39, 0.29) is 24.0 Å². The number of para-hydroxylation sites is 1. The number of aromatic nitrogens is 3. The zero-order valence-electron chi connectivity index (χ0n) is 18.8. The Morgan fingerprint density at radius 1 is 1.00 bits per heavy atom. The summed E-state index contributed by atoms with van der Waals surface area (Å²) in [6.07, 6.45) is 1.97. The molecular formula is C23H33IN8. The third-order valence-corrected chi connectivity index (χ3v) is 5.73. The van der Waals surface area contributed by atoms with Crippen molar-refractivity contribution in [1.29, 1.82) is 0 Å². The highest BCUT2D eigenvalue weighted by molar-refractivity contribution is 14.0. The number of nitrogens with one attached hydrogen (secondary N) is 2. The number of rotatable bonds is 7. The first kappa shape index (κ1) is 24.2. The normalized spacial score (nSPS) is 15.9. The van der Waals surface area contributed by atoms with Gasteiger partial charge in [0, 0.05) is 57.2 Å². The summed E-state index contributed by atoms with van der Waals surface area (Å²) in [7, 11) is 0. The van der Waals surface area contributed by atoms with E-state index in [9.17, 15) is 0 Å². The molecule has 1 atom stereocenters. The van der Waals surface area contributed by atoms with Gasteiger partial charge in [0.05, 0.1) is 0 Å². The van der Waals surface area contributed by atoms with Gasteiger partial charge in [0.15, 0.2) is 17.4 Å². The van der Waals surface area contributed by atoms with Gasteiger partial charge >= 0.3 is 0 Å². The quantitative estimate of drug-likeness (QED) is 0.269. The van der Waals surface area contributed by atoms with Crippen LogP contribution in [0.4, 0.5) is 5.69 Å². The van der Waals surface area contributed by atoms with Crippen molar-refractivity contribution in [2.75, 3.05) is 44.2 Å². The number of anilines is 1. The Labute approximate surface area is 207 Å². The molecule has 0 saturated carbocycles. The van der Waals surface area contributed by atoms with Crippen LogP contribution in [0.3, 0.4) is 0 Å². The highest BCUT2D eigenvalue weighted by Gasteiger charge is 2.21. The first-order valence-corrected chi connectivity index (χ1v) is 11.1. The average molecular weight is 548 g/mol. The molecule has 0 aliphatic carbocycles. The monoisotopic (exact) mass is 548 g/mol. The van der Waals surface area contributed by atoms with E-state index in [1.54, 1.807) is 0 Å². The van der Waals surface area contributed by atoms with Gasteiger partial charge in [-0.2, -0.15) is 0 Å². The Bertz CT molecular complexity index is 982. The molecule has 172 valence electrons. The van der Waals surface area contributed by atoms with Crippen LogP contribution in [0.15, 0.2) is 59.7 Å². The Hall–Kier alpha value is -2.40. The maximum Gasteiger partial charge on any atom is 0.191 e. The molecule has 4 rings (SSSR count). The second-order valence-corrected chi connectivity index (χ2v) is 7.83. The van der Waals surface area contributed by atoms with E-state index in [0.29, 0.717) is 12.6 Å². The fraction of sp³-hybridized carbons (Fsp3) is 0.435. The zero-order valence-corrected chi connectivity index (χ0v) is 21.1. The van der Waals surface area contributed by atoms with E-state index in [2.05, 4.69) is 74.8 Å². The van der Waals surface area contributed by atoms with Crippen LogP contribution in [0.25, 0.3) is 5.65 Å². The van der Waals surface area contributed by atoms with Gasteiger partial charge in [-0.15, -0.1) is 34.2 Å². The molecule has 0 bridgehead atoms. The SMILES string of the molecule is CCNC(=NCc1nnc2ccccn12)NCC(C)N1CCN(c2ccccc2)CC1.I. The van der Waals surface area contributed by atoms with Gasteiger partial charge < -0.3 is 15.5 Å². The molecule has 2 aromatic heterocycles. The lowest BCUT2D eigenvalue weighted by Crippen LogP contribution is -2.53. The third kappa shape index (κ3) is 6.10. The largest absolute Gasteiger partial charge is 0.369 e. The average Bonchev–Trinajstić information content (AvgIpc) is 3.24. The van der Waals surface area contributed by atoms with Gasteiger partial charge in [0.2, 0.25) is 0 Å². The molecule has 0 amide bonds. The predicted octanol–water partition coefficient (Wildman–Crippen LogP) is 2.61. The van der Waals surface area contributed by atoms with Crippen LogP contribution in [0.5, 0.6) is 0 Å². The number of halogens is 1. The summed E-state index contributed by atoms with van der Waals surface area (Å²) in [4.78, 5) is 9.73. The molecule has 1 unspecified atom stereocenters. The van der Waals surface area contributed by atoms with E-state index in [4.69, 9.17) is 4.99 Å². The summed E-state index contributed by atoms with van der Waals surface area (Å²) in [6, 6.07) is 17.0. The Morgan fingerprint density at radius 2 is 1.75 bits per heavy atom. The topological polar surface area (TPSA) is 73.1 Å². The number of benzene rings is 1. The number of nitrogens with zero attached hydrogens (tertiary/aromatic N) is 6. The van der Waals surface area contributed by atoms with Gasteiger partial charge in [-0.05, 0) is 38.1 Å². The number of aliphatic imine (C=N–C) groups is 1.